The average molecular weight is 256 g/mol. The summed E-state index contributed by atoms with van der Waals surface area (Å²) < 4.78 is 5.67. The van der Waals surface area contributed by atoms with Gasteiger partial charge in [-0.1, -0.05) is 0 Å². The van der Waals surface area contributed by atoms with Gasteiger partial charge in [0, 0.05) is 19.7 Å². The molecule has 106 valence electrons. The van der Waals surface area contributed by atoms with Crippen LogP contribution in [0.4, 0.5) is 0 Å². The molecule has 0 aromatic carbocycles. The molecule has 0 aromatic rings. The van der Waals surface area contributed by atoms with Crippen LogP contribution in [0, 0.1) is 5.92 Å². The van der Waals surface area contributed by atoms with E-state index in [1.165, 1.54) is 12.8 Å². The second-order valence-corrected chi connectivity index (χ2v) is 5.02. The summed E-state index contributed by atoms with van der Waals surface area (Å²) in [5.41, 5.74) is 0. The number of carbonyl (C=O) groups excluding carboxylic acids is 1. The highest BCUT2D eigenvalue weighted by Crippen LogP contribution is 2.14. The molecule has 1 saturated heterocycles. The zero-order valence-electron chi connectivity index (χ0n) is 12.1. The van der Waals surface area contributed by atoms with Crippen LogP contribution in [0.1, 0.15) is 40.0 Å². The first-order chi connectivity index (χ1) is 8.69. The normalized spacial score (nSPS) is 21.6. The van der Waals surface area contributed by atoms with Crippen LogP contribution in [0.25, 0.3) is 0 Å². The molecular weight excluding hydrogens is 228 g/mol. The van der Waals surface area contributed by atoms with Gasteiger partial charge in [0.1, 0.15) is 6.10 Å². The molecule has 1 aliphatic heterocycles. The maximum absolute atomic E-state index is 12.0. The highest BCUT2D eigenvalue weighted by Gasteiger charge is 2.19. The van der Waals surface area contributed by atoms with E-state index < -0.39 is 0 Å². The van der Waals surface area contributed by atoms with Crippen LogP contribution < -0.4 is 5.32 Å². The van der Waals surface area contributed by atoms with Gasteiger partial charge in [0.05, 0.1) is 0 Å². The molecule has 0 radical (unpaired) electrons. The van der Waals surface area contributed by atoms with Crippen molar-refractivity contribution in [2.75, 3.05) is 32.8 Å². The van der Waals surface area contributed by atoms with Crippen LogP contribution in [0.5, 0.6) is 0 Å². The average Bonchev–Trinajstić information content (AvgIpc) is 2.41. The number of likely N-dealkylation sites (N-methyl/N-ethyl adjacent to an activating group) is 1. The van der Waals surface area contributed by atoms with Gasteiger partial charge < -0.3 is 15.0 Å². The van der Waals surface area contributed by atoms with Gasteiger partial charge in [-0.25, -0.2) is 0 Å². The summed E-state index contributed by atoms with van der Waals surface area (Å²) in [4.78, 5) is 13.8. The van der Waals surface area contributed by atoms with E-state index in [0.29, 0.717) is 6.61 Å². The Balaban J connectivity index is 2.19. The molecular formula is C14H28N2O2. The molecule has 0 aromatic heterocycles. The number of piperidine rings is 1. The highest BCUT2D eigenvalue weighted by molar-refractivity contribution is 5.80. The van der Waals surface area contributed by atoms with Crippen LogP contribution in [-0.2, 0) is 9.53 Å². The quantitative estimate of drug-likeness (QED) is 0.753. The second kappa shape index (κ2) is 8.48. The number of rotatable bonds is 7. The fourth-order valence-electron chi connectivity index (χ4n) is 2.45. The van der Waals surface area contributed by atoms with E-state index in [9.17, 15) is 4.79 Å². The van der Waals surface area contributed by atoms with Gasteiger partial charge in [0.15, 0.2) is 0 Å². The lowest BCUT2D eigenvalue weighted by Gasteiger charge is -2.25. The van der Waals surface area contributed by atoms with Crippen molar-refractivity contribution in [3.05, 3.63) is 0 Å². The van der Waals surface area contributed by atoms with Crippen molar-refractivity contribution in [2.45, 2.75) is 46.1 Å². The largest absolute Gasteiger partial charge is 0.369 e. The second-order valence-electron chi connectivity index (χ2n) is 5.02. The smallest absolute Gasteiger partial charge is 0.251 e. The van der Waals surface area contributed by atoms with Gasteiger partial charge in [-0.3, -0.25) is 4.79 Å². The van der Waals surface area contributed by atoms with E-state index in [0.717, 1.165) is 38.5 Å². The zero-order valence-corrected chi connectivity index (χ0v) is 12.1. The lowest BCUT2D eigenvalue weighted by Crippen LogP contribution is -2.39. The Hall–Kier alpha value is -0.610. The molecule has 1 fully saturated rings. The predicted octanol–water partition coefficient (Wildman–Crippen LogP) is 1.65. The van der Waals surface area contributed by atoms with Crippen molar-refractivity contribution in [3.63, 3.8) is 0 Å². The monoisotopic (exact) mass is 256 g/mol. The number of hydrogen-bond donors (Lipinski definition) is 1. The summed E-state index contributed by atoms with van der Waals surface area (Å²) in [6.45, 7) is 10.3. The van der Waals surface area contributed by atoms with E-state index >= 15 is 0 Å². The molecule has 1 N–H and O–H groups in total. The maximum Gasteiger partial charge on any atom is 0.251 e. The molecule has 18 heavy (non-hydrogen) atoms. The van der Waals surface area contributed by atoms with E-state index in [-0.39, 0.29) is 12.0 Å². The molecule has 0 spiro atoms. The van der Waals surface area contributed by atoms with Crippen molar-refractivity contribution in [3.8, 4) is 0 Å². The van der Waals surface area contributed by atoms with E-state index in [4.69, 9.17) is 4.74 Å². The Morgan fingerprint density at radius 3 is 2.72 bits per heavy atom. The first kappa shape index (κ1) is 15.4. The van der Waals surface area contributed by atoms with Gasteiger partial charge in [-0.15, -0.1) is 0 Å². The van der Waals surface area contributed by atoms with Crippen molar-refractivity contribution >= 4 is 5.91 Å². The fourth-order valence-corrected chi connectivity index (χ4v) is 2.45. The molecule has 0 bridgehead atoms. The molecule has 1 amide bonds. The minimum Gasteiger partial charge on any atom is -0.369 e. The maximum atomic E-state index is 12.0. The Morgan fingerprint density at radius 2 is 2.17 bits per heavy atom. The summed E-state index contributed by atoms with van der Waals surface area (Å²) in [6.07, 6.45) is 3.30. The molecule has 1 heterocycles. The van der Waals surface area contributed by atoms with Crippen LogP contribution >= 0.6 is 0 Å². The molecule has 4 heteroatoms. The summed E-state index contributed by atoms with van der Waals surface area (Å²) in [5.74, 6) is 0.830. The SMILES string of the molecule is CCN(CC)C(=O)C(C)OCCC1CCCNC1. The van der Waals surface area contributed by atoms with E-state index in [1.807, 2.05) is 25.7 Å². The van der Waals surface area contributed by atoms with Gasteiger partial charge in [-0.2, -0.15) is 0 Å². The summed E-state index contributed by atoms with van der Waals surface area (Å²) >= 11 is 0. The fraction of sp³-hybridized carbons (Fsp3) is 0.929. The Morgan fingerprint density at radius 1 is 1.44 bits per heavy atom. The molecule has 2 unspecified atom stereocenters. The molecule has 2 atom stereocenters. The topological polar surface area (TPSA) is 41.6 Å². The van der Waals surface area contributed by atoms with Crippen molar-refractivity contribution in [1.29, 1.82) is 0 Å². The Kier molecular flexibility index (Phi) is 7.28. The van der Waals surface area contributed by atoms with Crippen LogP contribution in [0.15, 0.2) is 0 Å². The first-order valence-corrected chi connectivity index (χ1v) is 7.30. The molecule has 0 saturated carbocycles. The number of nitrogens with one attached hydrogen (secondary N) is 1. The Bertz CT molecular complexity index is 236. The first-order valence-electron chi connectivity index (χ1n) is 7.30. The number of carbonyl (C=O) groups is 1. The zero-order chi connectivity index (χ0) is 13.4. The third-order valence-corrected chi connectivity index (χ3v) is 3.72. The number of hydrogen-bond acceptors (Lipinski definition) is 3. The number of ether oxygens (including phenoxy) is 1. The van der Waals surface area contributed by atoms with Gasteiger partial charge in [0.2, 0.25) is 0 Å². The van der Waals surface area contributed by atoms with Crippen LogP contribution in [0.2, 0.25) is 0 Å². The summed E-state index contributed by atoms with van der Waals surface area (Å²) in [7, 11) is 0. The molecule has 1 aliphatic rings. The lowest BCUT2D eigenvalue weighted by atomic mass is 9.97. The van der Waals surface area contributed by atoms with E-state index in [2.05, 4.69) is 5.32 Å². The van der Waals surface area contributed by atoms with Crippen molar-refractivity contribution < 1.29 is 9.53 Å². The molecule has 4 nitrogen and oxygen atoms in total. The van der Waals surface area contributed by atoms with Gasteiger partial charge in [-0.05, 0) is 59.0 Å². The lowest BCUT2D eigenvalue weighted by molar-refractivity contribution is -0.142. The minimum atomic E-state index is -0.304. The number of nitrogens with zero attached hydrogens (tertiary/aromatic N) is 1. The molecule has 1 rings (SSSR count). The number of amides is 1. The Labute approximate surface area is 111 Å². The van der Waals surface area contributed by atoms with Gasteiger partial charge >= 0.3 is 0 Å². The summed E-state index contributed by atoms with van der Waals surface area (Å²) in [5, 5.41) is 3.40. The van der Waals surface area contributed by atoms with E-state index in [1.54, 1.807) is 0 Å². The standard InChI is InChI=1S/C14H28N2O2/c1-4-16(5-2)14(17)12(3)18-10-8-13-7-6-9-15-11-13/h12-13,15H,4-11H2,1-3H3. The van der Waals surface area contributed by atoms with Gasteiger partial charge in [0.25, 0.3) is 5.91 Å². The highest BCUT2D eigenvalue weighted by atomic mass is 16.5. The third-order valence-electron chi connectivity index (χ3n) is 3.72. The minimum absolute atomic E-state index is 0.113. The summed E-state index contributed by atoms with van der Waals surface area (Å²) in [6, 6.07) is 0. The van der Waals surface area contributed by atoms with Crippen molar-refractivity contribution in [1.82, 2.24) is 10.2 Å². The van der Waals surface area contributed by atoms with Crippen LogP contribution in [-0.4, -0.2) is 49.7 Å². The third kappa shape index (κ3) is 4.94. The molecule has 0 aliphatic carbocycles. The predicted molar refractivity (Wildman–Crippen MR) is 73.6 cm³/mol. The van der Waals surface area contributed by atoms with Crippen molar-refractivity contribution in [2.24, 2.45) is 5.92 Å². The van der Waals surface area contributed by atoms with Crippen LogP contribution in [0.3, 0.4) is 0 Å².